The van der Waals surface area contributed by atoms with Crippen LogP contribution >= 0.6 is 0 Å². The molecule has 0 aromatic carbocycles. The minimum Gasteiger partial charge on any atom is -0.481 e. The van der Waals surface area contributed by atoms with Crippen molar-refractivity contribution in [2.24, 2.45) is 0 Å². The molecule has 2 unspecified atom stereocenters. The van der Waals surface area contributed by atoms with E-state index in [1.807, 2.05) is 0 Å². The highest BCUT2D eigenvalue weighted by molar-refractivity contribution is 7.87. The monoisotopic (exact) mass is 332 g/mol. The minimum atomic E-state index is -5.86. The third kappa shape index (κ3) is 4.68. The van der Waals surface area contributed by atoms with E-state index in [4.69, 9.17) is 5.11 Å². The molecule has 0 amide bonds. The first-order chi connectivity index (χ1) is 9.16. The second-order valence-corrected chi connectivity index (χ2v) is 7.06. The number of aliphatic hydroxyl groups is 1. The van der Waals surface area contributed by atoms with E-state index in [0.717, 1.165) is 13.0 Å². The molecule has 0 saturated carbocycles. The molecule has 0 aromatic rings. The van der Waals surface area contributed by atoms with Crippen molar-refractivity contribution in [3.8, 4) is 0 Å². The third-order valence-electron chi connectivity index (χ3n) is 2.81. The molecule has 2 atom stereocenters. The molecule has 1 aliphatic carbocycles. The van der Waals surface area contributed by atoms with Gasteiger partial charge in [-0.2, -0.15) is 21.6 Å². The van der Waals surface area contributed by atoms with Crippen LogP contribution in [0, 0.1) is 0 Å². The maximum absolute atomic E-state index is 12.4. The van der Waals surface area contributed by atoms with Gasteiger partial charge in [0.2, 0.25) is 0 Å². The lowest BCUT2D eigenvalue weighted by molar-refractivity contribution is -0.136. The van der Waals surface area contributed by atoms with Gasteiger partial charge in [0.15, 0.2) is 0 Å². The highest BCUT2D eigenvalue weighted by Crippen LogP contribution is 2.40. The smallest absolute Gasteiger partial charge is 0.481 e. The average Bonchev–Trinajstić information content (AvgIpc) is 2.07. The van der Waals surface area contributed by atoms with Gasteiger partial charge in [-0.15, -0.1) is 0 Å². The predicted molar refractivity (Wildman–Crippen MR) is 64.7 cm³/mol. The summed E-state index contributed by atoms with van der Waals surface area (Å²) in [7, 11) is -5.86. The Balaban J connectivity index is 3.16. The van der Waals surface area contributed by atoms with Gasteiger partial charge in [-0.05, 0) is 20.3 Å². The fourth-order valence-electron chi connectivity index (χ4n) is 2.50. The van der Waals surface area contributed by atoms with Gasteiger partial charge in [0, 0.05) is 6.42 Å². The van der Waals surface area contributed by atoms with Crippen LogP contribution in [0.4, 0.5) is 13.2 Å². The van der Waals surface area contributed by atoms with Crippen LogP contribution in [0.2, 0.25) is 0 Å². The topological polar surface area (TPSA) is 101 Å². The van der Waals surface area contributed by atoms with Crippen LogP contribution in [0.25, 0.3) is 0 Å². The molecule has 0 heterocycles. The number of halogens is 3. The lowest BCUT2D eigenvalue weighted by Gasteiger charge is -2.39. The maximum atomic E-state index is 12.4. The quantitative estimate of drug-likeness (QED) is 0.460. The molecular formula is C11H15F3O6S. The highest BCUT2D eigenvalue weighted by Gasteiger charge is 2.52. The molecule has 0 aromatic heterocycles. The zero-order chi connectivity index (χ0) is 16.7. The molecule has 2 N–H and O–H groups in total. The van der Waals surface area contributed by atoms with Crippen molar-refractivity contribution in [2.75, 3.05) is 0 Å². The summed E-state index contributed by atoms with van der Waals surface area (Å²) in [5, 5.41) is 18.7. The largest absolute Gasteiger partial charge is 0.523 e. The fourth-order valence-corrected chi connectivity index (χ4v) is 3.20. The summed E-state index contributed by atoms with van der Waals surface area (Å²) in [5.74, 6) is -1.25. The van der Waals surface area contributed by atoms with Crippen LogP contribution < -0.4 is 0 Å². The van der Waals surface area contributed by atoms with Crippen molar-refractivity contribution in [3.63, 3.8) is 0 Å². The van der Waals surface area contributed by atoms with Crippen molar-refractivity contribution < 1.29 is 40.8 Å². The van der Waals surface area contributed by atoms with Gasteiger partial charge in [-0.3, -0.25) is 8.98 Å². The van der Waals surface area contributed by atoms with Gasteiger partial charge in [0.1, 0.15) is 5.60 Å². The lowest BCUT2D eigenvalue weighted by Crippen LogP contribution is -2.45. The molecular weight excluding hydrogens is 317 g/mol. The number of carboxylic acid groups (broad SMARTS) is 1. The van der Waals surface area contributed by atoms with Crippen LogP contribution in [0.1, 0.15) is 33.1 Å². The standard InChI is InChI=1S/C11H15F3O6S/c1-9(17)4-7(3-8(15)16)5-10(2,6-9)20-21(18,19)11(12,13)14/h5,17H,3-4,6H2,1-2H3,(H,15,16). The molecule has 21 heavy (non-hydrogen) atoms. The molecule has 0 fully saturated rings. The Hall–Kier alpha value is -1.13. The van der Waals surface area contributed by atoms with Gasteiger partial charge < -0.3 is 10.2 Å². The van der Waals surface area contributed by atoms with Crippen molar-refractivity contribution in [1.82, 2.24) is 0 Å². The van der Waals surface area contributed by atoms with Gasteiger partial charge >= 0.3 is 21.6 Å². The van der Waals surface area contributed by atoms with Crippen LogP contribution in [0.3, 0.4) is 0 Å². The van der Waals surface area contributed by atoms with Gasteiger partial charge in [0.25, 0.3) is 0 Å². The second-order valence-electron chi connectivity index (χ2n) is 5.52. The number of carboxylic acids is 1. The van der Waals surface area contributed by atoms with E-state index in [-0.39, 0.29) is 12.0 Å². The first kappa shape index (κ1) is 17.9. The van der Waals surface area contributed by atoms with Gasteiger partial charge in [-0.25, -0.2) is 0 Å². The molecule has 10 heteroatoms. The maximum Gasteiger partial charge on any atom is 0.523 e. The zero-order valence-corrected chi connectivity index (χ0v) is 12.1. The van der Waals surface area contributed by atoms with E-state index in [0.29, 0.717) is 0 Å². The number of hydrogen-bond acceptors (Lipinski definition) is 5. The minimum absolute atomic E-state index is 0.0929. The van der Waals surface area contributed by atoms with Crippen molar-refractivity contribution in [3.05, 3.63) is 11.6 Å². The van der Waals surface area contributed by atoms with Crippen molar-refractivity contribution in [1.29, 1.82) is 0 Å². The zero-order valence-electron chi connectivity index (χ0n) is 11.3. The third-order valence-corrected chi connectivity index (χ3v) is 3.98. The summed E-state index contributed by atoms with van der Waals surface area (Å²) in [6.45, 7) is 2.31. The number of alkyl halides is 3. The summed E-state index contributed by atoms with van der Waals surface area (Å²) in [5.41, 5.74) is -9.05. The molecule has 122 valence electrons. The first-order valence-corrected chi connectivity index (χ1v) is 7.23. The Morgan fingerprint density at radius 3 is 2.38 bits per heavy atom. The molecule has 0 bridgehead atoms. The lowest BCUT2D eigenvalue weighted by atomic mass is 9.77. The number of carbonyl (C=O) groups is 1. The number of aliphatic carboxylic acids is 1. The van der Waals surface area contributed by atoms with Gasteiger partial charge in [-0.1, -0.05) is 11.6 Å². The predicted octanol–water partition coefficient (Wildman–Crippen LogP) is 1.56. The Kier molecular flexibility index (Phi) is 4.48. The summed E-state index contributed by atoms with van der Waals surface area (Å²) in [4.78, 5) is 10.7. The fraction of sp³-hybridized carbons (Fsp3) is 0.727. The van der Waals surface area contributed by atoms with Crippen LogP contribution in [0.5, 0.6) is 0 Å². The number of rotatable bonds is 4. The van der Waals surface area contributed by atoms with Crippen LogP contribution in [-0.4, -0.2) is 41.3 Å². The summed E-state index contributed by atoms with van der Waals surface area (Å²) in [6.07, 6.45) is -0.0215. The van der Waals surface area contributed by atoms with Crippen molar-refractivity contribution in [2.45, 2.75) is 49.8 Å². The molecule has 1 aliphatic rings. The molecule has 0 radical (unpaired) electrons. The Bertz CT molecular complexity index is 563. The van der Waals surface area contributed by atoms with Crippen LogP contribution in [0.15, 0.2) is 11.6 Å². The summed E-state index contributed by atoms with van der Waals surface area (Å²) < 4.78 is 63.5. The molecule has 1 rings (SSSR count). The van der Waals surface area contributed by atoms with Crippen LogP contribution in [-0.2, 0) is 19.1 Å². The molecule has 6 nitrogen and oxygen atoms in total. The summed E-state index contributed by atoms with van der Waals surface area (Å²) in [6, 6.07) is 0. The molecule has 0 saturated heterocycles. The molecule has 0 aliphatic heterocycles. The Morgan fingerprint density at radius 1 is 1.43 bits per heavy atom. The first-order valence-electron chi connectivity index (χ1n) is 5.83. The van der Waals surface area contributed by atoms with Crippen molar-refractivity contribution >= 4 is 16.1 Å². The van der Waals surface area contributed by atoms with E-state index in [1.54, 1.807) is 0 Å². The normalized spacial score (nSPS) is 30.9. The second kappa shape index (κ2) is 5.25. The van der Waals surface area contributed by atoms with E-state index in [9.17, 15) is 31.5 Å². The van der Waals surface area contributed by atoms with E-state index < -0.39 is 45.6 Å². The molecule has 0 spiro atoms. The number of hydrogen-bond donors (Lipinski definition) is 2. The van der Waals surface area contributed by atoms with Gasteiger partial charge in [0.05, 0.1) is 12.0 Å². The van der Waals surface area contributed by atoms with E-state index in [1.165, 1.54) is 6.92 Å². The highest BCUT2D eigenvalue weighted by atomic mass is 32.2. The SMILES string of the molecule is CC1(O)CC(CC(=O)O)=CC(C)(OS(=O)(=O)C(F)(F)F)C1. The summed E-state index contributed by atoms with van der Waals surface area (Å²) >= 11 is 0. The van der Waals surface area contributed by atoms with E-state index in [2.05, 4.69) is 4.18 Å². The Labute approximate surface area is 119 Å². The Morgan fingerprint density at radius 2 is 1.95 bits per heavy atom. The van der Waals surface area contributed by atoms with E-state index >= 15 is 0 Å². The average molecular weight is 332 g/mol.